The molecule has 0 unspecified atom stereocenters. The van der Waals surface area contributed by atoms with E-state index in [2.05, 4.69) is 56.8 Å². The zero-order chi connectivity index (χ0) is 19.8. The standard InChI is InChI=1S/C23H35NO2/c1-22(2,3)17-16-20(15-11-14-19-12-9-8-10-13-19)18-24(7)21(25)26-23(4,5)6/h8-10,12-13,17H,11,14-15,18H2,1-7H3. The van der Waals surface area contributed by atoms with Crippen LogP contribution in [-0.2, 0) is 11.2 Å². The second kappa shape index (κ2) is 9.64. The number of likely N-dealkylation sites (N-methyl/N-ethyl adjacent to an activating group) is 1. The number of benzene rings is 1. The molecule has 144 valence electrons. The van der Waals surface area contributed by atoms with Crippen LogP contribution in [0.15, 0.2) is 47.7 Å². The number of aryl methyl sites for hydroxylation is 1. The Morgan fingerprint density at radius 1 is 1.12 bits per heavy atom. The molecule has 3 heteroatoms. The Bertz CT molecular complexity index is 626. The summed E-state index contributed by atoms with van der Waals surface area (Å²) in [6, 6.07) is 10.5. The van der Waals surface area contributed by atoms with E-state index in [-0.39, 0.29) is 11.5 Å². The third-order valence-electron chi connectivity index (χ3n) is 3.63. The second-order valence-electron chi connectivity index (χ2n) is 8.93. The number of hydrogen-bond acceptors (Lipinski definition) is 2. The molecule has 0 bridgehead atoms. The minimum atomic E-state index is -0.482. The average molecular weight is 358 g/mol. The lowest BCUT2D eigenvalue weighted by Crippen LogP contribution is -2.35. The summed E-state index contributed by atoms with van der Waals surface area (Å²) in [6.45, 7) is 12.6. The Morgan fingerprint density at radius 3 is 2.27 bits per heavy atom. The molecule has 1 amide bonds. The van der Waals surface area contributed by atoms with E-state index in [9.17, 15) is 4.79 Å². The molecule has 26 heavy (non-hydrogen) atoms. The topological polar surface area (TPSA) is 29.5 Å². The first-order valence-corrected chi connectivity index (χ1v) is 9.40. The Labute approximate surface area is 159 Å². The lowest BCUT2D eigenvalue weighted by Gasteiger charge is -2.25. The van der Waals surface area contributed by atoms with Crippen LogP contribution in [0.2, 0.25) is 0 Å². The third-order valence-corrected chi connectivity index (χ3v) is 3.63. The number of rotatable bonds is 6. The quantitative estimate of drug-likeness (QED) is 0.584. The molecule has 0 heterocycles. The van der Waals surface area contributed by atoms with Crippen LogP contribution in [0.25, 0.3) is 0 Å². The largest absolute Gasteiger partial charge is 0.444 e. The van der Waals surface area contributed by atoms with Crippen LogP contribution >= 0.6 is 0 Å². The van der Waals surface area contributed by atoms with Crippen LogP contribution in [0.4, 0.5) is 4.79 Å². The highest BCUT2D eigenvalue weighted by atomic mass is 16.6. The zero-order valence-electron chi connectivity index (χ0n) is 17.6. The first-order chi connectivity index (χ1) is 12.0. The number of carbonyl (C=O) groups is 1. The summed E-state index contributed by atoms with van der Waals surface area (Å²) in [6.07, 6.45) is 4.77. The summed E-state index contributed by atoms with van der Waals surface area (Å²) < 4.78 is 5.46. The maximum absolute atomic E-state index is 12.2. The molecule has 0 aliphatic rings. The monoisotopic (exact) mass is 357 g/mol. The van der Waals surface area contributed by atoms with Crippen LogP contribution in [0.1, 0.15) is 59.9 Å². The lowest BCUT2D eigenvalue weighted by molar-refractivity contribution is 0.0312. The molecule has 0 atom stereocenters. The maximum Gasteiger partial charge on any atom is 0.410 e. The van der Waals surface area contributed by atoms with Crippen molar-refractivity contribution < 1.29 is 9.53 Å². The average Bonchev–Trinajstić information content (AvgIpc) is 2.51. The van der Waals surface area contributed by atoms with Gasteiger partial charge in [0.05, 0.1) is 6.54 Å². The molecule has 1 rings (SSSR count). The van der Waals surface area contributed by atoms with Gasteiger partial charge in [-0.15, -0.1) is 5.73 Å². The van der Waals surface area contributed by atoms with Gasteiger partial charge >= 0.3 is 6.09 Å². The molecule has 0 radical (unpaired) electrons. The number of hydrogen-bond donors (Lipinski definition) is 0. The van der Waals surface area contributed by atoms with Crippen molar-refractivity contribution in [2.75, 3.05) is 13.6 Å². The van der Waals surface area contributed by atoms with Gasteiger partial charge < -0.3 is 9.64 Å². The molecule has 0 aromatic heterocycles. The van der Waals surface area contributed by atoms with Gasteiger partial charge in [-0.25, -0.2) is 4.79 Å². The van der Waals surface area contributed by atoms with E-state index in [0.29, 0.717) is 6.54 Å². The maximum atomic E-state index is 12.2. The van der Waals surface area contributed by atoms with Gasteiger partial charge in [0.15, 0.2) is 0 Å². The molecule has 0 N–H and O–H groups in total. The van der Waals surface area contributed by atoms with Gasteiger partial charge in [-0.2, -0.15) is 0 Å². The Balaban J connectivity index is 2.76. The van der Waals surface area contributed by atoms with E-state index in [1.54, 1.807) is 11.9 Å². The van der Waals surface area contributed by atoms with E-state index in [1.165, 1.54) is 5.56 Å². The summed E-state index contributed by atoms with van der Waals surface area (Å²) >= 11 is 0. The molecule has 0 saturated carbocycles. The fourth-order valence-corrected chi connectivity index (χ4v) is 2.36. The fourth-order valence-electron chi connectivity index (χ4n) is 2.36. The second-order valence-corrected chi connectivity index (χ2v) is 8.93. The van der Waals surface area contributed by atoms with Crippen molar-refractivity contribution in [1.29, 1.82) is 0 Å². The summed E-state index contributed by atoms with van der Waals surface area (Å²) in [5.74, 6) is 0. The normalized spacial score (nSPS) is 11.5. The summed E-state index contributed by atoms with van der Waals surface area (Å²) in [7, 11) is 1.78. The minimum absolute atomic E-state index is 0.0647. The Kier molecular flexibility index (Phi) is 8.17. The van der Waals surface area contributed by atoms with Gasteiger partial charge in [-0.3, -0.25) is 0 Å². The third kappa shape index (κ3) is 10.1. The van der Waals surface area contributed by atoms with Crippen molar-refractivity contribution in [2.24, 2.45) is 5.41 Å². The highest BCUT2D eigenvalue weighted by Crippen LogP contribution is 2.17. The first kappa shape index (κ1) is 22.1. The first-order valence-electron chi connectivity index (χ1n) is 9.40. The molecule has 3 nitrogen and oxygen atoms in total. The van der Waals surface area contributed by atoms with E-state index >= 15 is 0 Å². The summed E-state index contributed by atoms with van der Waals surface area (Å²) in [5.41, 5.74) is 5.49. The molecule has 0 aliphatic carbocycles. The van der Waals surface area contributed by atoms with Crippen molar-refractivity contribution in [1.82, 2.24) is 4.90 Å². The smallest absolute Gasteiger partial charge is 0.410 e. The molecule has 0 fully saturated rings. The Hall–Kier alpha value is -1.99. The molecule has 0 aliphatic heterocycles. The summed E-state index contributed by atoms with van der Waals surface area (Å²) in [5, 5.41) is 0. The van der Waals surface area contributed by atoms with Crippen LogP contribution < -0.4 is 0 Å². The van der Waals surface area contributed by atoms with Crippen molar-refractivity contribution in [2.45, 2.75) is 66.4 Å². The van der Waals surface area contributed by atoms with Crippen molar-refractivity contribution in [3.05, 3.63) is 53.3 Å². The molecule has 0 spiro atoms. The molecule has 1 aromatic rings. The predicted octanol–water partition coefficient (Wildman–Crippen LogP) is 6.00. The zero-order valence-corrected chi connectivity index (χ0v) is 17.6. The van der Waals surface area contributed by atoms with Crippen LogP contribution in [0.5, 0.6) is 0 Å². The van der Waals surface area contributed by atoms with Crippen LogP contribution in [0.3, 0.4) is 0 Å². The molecular weight excluding hydrogens is 322 g/mol. The van der Waals surface area contributed by atoms with Gasteiger partial charge in [0.2, 0.25) is 0 Å². The number of carbonyl (C=O) groups excluding carboxylic acids is 1. The molecular formula is C23H35NO2. The van der Waals surface area contributed by atoms with Crippen LogP contribution in [0, 0.1) is 5.41 Å². The van der Waals surface area contributed by atoms with Crippen molar-refractivity contribution in [3.63, 3.8) is 0 Å². The fraction of sp³-hybridized carbons (Fsp3) is 0.565. The SMILES string of the molecule is CN(CC(=C=CC(C)(C)C)CCCc1ccccc1)C(=O)OC(C)(C)C. The number of amides is 1. The number of nitrogens with zero attached hydrogens (tertiary/aromatic N) is 1. The minimum Gasteiger partial charge on any atom is -0.444 e. The van der Waals surface area contributed by atoms with Crippen molar-refractivity contribution in [3.8, 4) is 0 Å². The van der Waals surface area contributed by atoms with E-state index < -0.39 is 5.60 Å². The molecule has 0 saturated heterocycles. The van der Waals surface area contributed by atoms with E-state index in [0.717, 1.165) is 24.8 Å². The Morgan fingerprint density at radius 2 is 1.73 bits per heavy atom. The lowest BCUT2D eigenvalue weighted by atomic mass is 9.96. The van der Waals surface area contributed by atoms with Gasteiger partial charge in [-0.1, -0.05) is 51.1 Å². The highest BCUT2D eigenvalue weighted by molar-refractivity contribution is 5.68. The van der Waals surface area contributed by atoms with E-state index in [4.69, 9.17) is 4.74 Å². The van der Waals surface area contributed by atoms with E-state index in [1.807, 2.05) is 26.8 Å². The van der Waals surface area contributed by atoms with Gasteiger partial charge in [0.25, 0.3) is 0 Å². The predicted molar refractivity (Wildman–Crippen MR) is 109 cm³/mol. The van der Waals surface area contributed by atoms with Crippen molar-refractivity contribution >= 4 is 6.09 Å². The van der Waals surface area contributed by atoms with Gasteiger partial charge in [-0.05, 0) is 62.7 Å². The molecule has 1 aromatic carbocycles. The van der Waals surface area contributed by atoms with Crippen LogP contribution in [-0.4, -0.2) is 30.2 Å². The van der Waals surface area contributed by atoms with Gasteiger partial charge in [0.1, 0.15) is 5.60 Å². The van der Waals surface area contributed by atoms with Gasteiger partial charge in [0, 0.05) is 7.05 Å². The highest BCUT2D eigenvalue weighted by Gasteiger charge is 2.20. The number of ether oxygens (including phenoxy) is 1. The summed E-state index contributed by atoms with van der Waals surface area (Å²) in [4.78, 5) is 13.9.